The van der Waals surface area contributed by atoms with Crippen molar-refractivity contribution in [1.29, 1.82) is 0 Å². The van der Waals surface area contributed by atoms with Crippen LogP contribution in [0.4, 0.5) is 0 Å². The van der Waals surface area contributed by atoms with E-state index in [0.29, 0.717) is 12.8 Å². The van der Waals surface area contributed by atoms with Crippen molar-refractivity contribution in [3.63, 3.8) is 0 Å². The van der Waals surface area contributed by atoms with E-state index in [2.05, 4.69) is 10.6 Å². The van der Waals surface area contributed by atoms with Crippen molar-refractivity contribution in [2.45, 2.75) is 50.6 Å². The molecule has 2 rings (SSSR count). The highest BCUT2D eigenvalue weighted by Crippen LogP contribution is 2.28. The zero-order valence-electron chi connectivity index (χ0n) is 12.4. The number of furan rings is 1. The number of rotatable bonds is 5. The van der Waals surface area contributed by atoms with E-state index in [1.54, 1.807) is 6.07 Å². The molecule has 7 heteroatoms. The van der Waals surface area contributed by atoms with Crippen molar-refractivity contribution in [3.05, 3.63) is 24.2 Å². The number of hydrogen-bond donors (Lipinski definition) is 3. The molecular weight excluding hydrogens is 288 g/mol. The predicted octanol–water partition coefficient (Wildman–Crippen LogP) is 1.30. The van der Waals surface area contributed by atoms with Gasteiger partial charge in [-0.2, -0.15) is 0 Å². The van der Waals surface area contributed by atoms with E-state index in [-0.39, 0.29) is 5.76 Å². The van der Waals surface area contributed by atoms with Gasteiger partial charge in [0.15, 0.2) is 5.76 Å². The molecule has 1 unspecified atom stereocenters. The van der Waals surface area contributed by atoms with Crippen molar-refractivity contribution in [3.8, 4) is 0 Å². The third kappa shape index (κ3) is 3.47. The highest BCUT2D eigenvalue weighted by Gasteiger charge is 2.41. The molecule has 1 aromatic rings. The van der Waals surface area contributed by atoms with Crippen LogP contribution in [0.25, 0.3) is 0 Å². The quantitative estimate of drug-likeness (QED) is 0.759. The first-order valence-electron chi connectivity index (χ1n) is 7.34. The van der Waals surface area contributed by atoms with Crippen LogP contribution in [0.3, 0.4) is 0 Å². The Morgan fingerprint density at radius 1 is 1.27 bits per heavy atom. The molecule has 7 nitrogen and oxygen atoms in total. The van der Waals surface area contributed by atoms with Gasteiger partial charge in [-0.05, 0) is 31.9 Å². The van der Waals surface area contributed by atoms with Gasteiger partial charge in [-0.1, -0.05) is 19.3 Å². The second-order valence-electron chi connectivity index (χ2n) is 5.61. The van der Waals surface area contributed by atoms with Gasteiger partial charge in [0.05, 0.1) is 6.26 Å². The van der Waals surface area contributed by atoms with Crippen molar-refractivity contribution < 1.29 is 23.9 Å². The first kappa shape index (κ1) is 16.1. The van der Waals surface area contributed by atoms with Crippen LogP contribution in [-0.2, 0) is 9.59 Å². The van der Waals surface area contributed by atoms with E-state index < -0.39 is 29.4 Å². The highest BCUT2D eigenvalue weighted by molar-refractivity contribution is 5.96. The van der Waals surface area contributed by atoms with E-state index >= 15 is 0 Å². The summed E-state index contributed by atoms with van der Waals surface area (Å²) in [6.07, 6.45) is 4.68. The van der Waals surface area contributed by atoms with Crippen LogP contribution in [0.5, 0.6) is 0 Å². The number of carbonyl (C=O) groups is 3. The van der Waals surface area contributed by atoms with Crippen molar-refractivity contribution in [2.24, 2.45) is 0 Å². The minimum Gasteiger partial charge on any atom is -0.480 e. The Balaban J connectivity index is 1.97. The number of aliphatic carboxylic acids is 1. The van der Waals surface area contributed by atoms with Crippen molar-refractivity contribution >= 4 is 17.8 Å². The smallest absolute Gasteiger partial charge is 0.329 e. The largest absolute Gasteiger partial charge is 0.480 e. The molecule has 0 aromatic carbocycles. The summed E-state index contributed by atoms with van der Waals surface area (Å²) in [5, 5.41) is 14.5. The summed E-state index contributed by atoms with van der Waals surface area (Å²) in [5.74, 6) is -1.94. The molecule has 0 aliphatic heterocycles. The monoisotopic (exact) mass is 308 g/mol. The van der Waals surface area contributed by atoms with Gasteiger partial charge >= 0.3 is 5.97 Å². The molecule has 1 aromatic heterocycles. The summed E-state index contributed by atoms with van der Waals surface area (Å²) >= 11 is 0. The van der Waals surface area contributed by atoms with Crippen LogP contribution >= 0.6 is 0 Å². The fourth-order valence-corrected chi connectivity index (χ4v) is 2.63. The van der Waals surface area contributed by atoms with Crippen LogP contribution in [-0.4, -0.2) is 34.5 Å². The fourth-order valence-electron chi connectivity index (χ4n) is 2.63. The second kappa shape index (κ2) is 6.64. The van der Waals surface area contributed by atoms with Gasteiger partial charge in [0.1, 0.15) is 11.6 Å². The van der Waals surface area contributed by atoms with E-state index in [4.69, 9.17) is 4.42 Å². The molecule has 22 heavy (non-hydrogen) atoms. The van der Waals surface area contributed by atoms with Gasteiger partial charge in [0.2, 0.25) is 5.91 Å². The lowest BCUT2D eigenvalue weighted by Gasteiger charge is -2.34. The molecule has 1 aliphatic carbocycles. The highest BCUT2D eigenvalue weighted by atomic mass is 16.4. The Labute approximate surface area is 128 Å². The Hall–Kier alpha value is -2.31. The van der Waals surface area contributed by atoms with Gasteiger partial charge in [-0.25, -0.2) is 4.79 Å². The normalized spacial score (nSPS) is 18.2. The van der Waals surface area contributed by atoms with Crippen LogP contribution in [0.2, 0.25) is 0 Å². The summed E-state index contributed by atoms with van der Waals surface area (Å²) in [6, 6.07) is 2.21. The van der Waals surface area contributed by atoms with Gasteiger partial charge < -0.3 is 20.2 Å². The Morgan fingerprint density at radius 2 is 1.95 bits per heavy atom. The third-order valence-corrected chi connectivity index (χ3v) is 3.96. The summed E-state index contributed by atoms with van der Waals surface area (Å²) in [5.41, 5.74) is -1.22. The predicted molar refractivity (Wildman–Crippen MR) is 77.2 cm³/mol. The molecule has 120 valence electrons. The lowest BCUT2D eigenvalue weighted by atomic mass is 9.81. The Kier molecular flexibility index (Phi) is 4.85. The van der Waals surface area contributed by atoms with Crippen LogP contribution in [0, 0.1) is 0 Å². The van der Waals surface area contributed by atoms with Gasteiger partial charge in [0.25, 0.3) is 5.91 Å². The summed E-state index contributed by atoms with van der Waals surface area (Å²) in [7, 11) is 0. The van der Waals surface area contributed by atoms with Gasteiger partial charge in [0, 0.05) is 0 Å². The van der Waals surface area contributed by atoms with E-state index in [1.165, 1.54) is 19.3 Å². The van der Waals surface area contributed by atoms with Crippen molar-refractivity contribution in [2.75, 3.05) is 0 Å². The Morgan fingerprint density at radius 3 is 2.50 bits per heavy atom. The maximum Gasteiger partial charge on any atom is 0.329 e. The molecule has 3 N–H and O–H groups in total. The van der Waals surface area contributed by atoms with Crippen LogP contribution in [0.15, 0.2) is 22.8 Å². The number of amides is 2. The first-order chi connectivity index (χ1) is 10.4. The standard InChI is InChI=1S/C15H20N2O5/c1-10(16-13(19)11-6-5-9-22-11)12(18)17-15(14(20)21)7-3-2-4-8-15/h5-6,9-10H,2-4,7-8H2,1H3,(H,16,19)(H,17,18)(H,20,21). The molecule has 1 aliphatic rings. The lowest BCUT2D eigenvalue weighted by molar-refractivity contribution is -0.149. The minimum absolute atomic E-state index is 0.102. The maximum atomic E-state index is 12.2. The molecule has 0 bridgehead atoms. The molecule has 2 amide bonds. The summed E-state index contributed by atoms with van der Waals surface area (Å²) in [4.78, 5) is 35.6. The van der Waals surface area contributed by atoms with E-state index in [0.717, 1.165) is 19.3 Å². The average molecular weight is 308 g/mol. The number of hydrogen-bond acceptors (Lipinski definition) is 4. The number of carbonyl (C=O) groups excluding carboxylic acids is 2. The molecule has 0 spiro atoms. The average Bonchev–Trinajstić information content (AvgIpc) is 3.02. The second-order valence-corrected chi connectivity index (χ2v) is 5.61. The van der Waals surface area contributed by atoms with E-state index in [1.807, 2.05) is 0 Å². The fraction of sp³-hybridized carbons (Fsp3) is 0.533. The zero-order valence-corrected chi connectivity index (χ0v) is 12.4. The summed E-state index contributed by atoms with van der Waals surface area (Å²) < 4.78 is 4.95. The van der Waals surface area contributed by atoms with E-state index in [9.17, 15) is 19.5 Å². The first-order valence-corrected chi connectivity index (χ1v) is 7.34. The van der Waals surface area contributed by atoms with Crippen LogP contribution in [0.1, 0.15) is 49.6 Å². The van der Waals surface area contributed by atoms with Gasteiger partial charge in [-0.3, -0.25) is 9.59 Å². The molecule has 1 saturated carbocycles. The third-order valence-electron chi connectivity index (χ3n) is 3.96. The maximum absolute atomic E-state index is 12.2. The molecule has 1 atom stereocenters. The topological polar surface area (TPSA) is 109 Å². The molecule has 1 heterocycles. The molecule has 0 saturated heterocycles. The minimum atomic E-state index is -1.22. The molecule has 0 radical (unpaired) electrons. The Bertz CT molecular complexity index is 546. The van der Waals surface area contributed by atoms with Gasteiger partial charge in [-0.15, -0.1) is 0 Å². The lowest BCUT2D eigenvalue weighted by Crippen LogP contribution is -2.59. The summed E-state index contributed by atoms with van der Waals surface area (Å²) in [6.45, 7) is 1.51. The number of nitrogens with one attached hydrogen (secondary N) is 2. The van der Waals surface area contributed by atoms with Crippen LogP contribution < -0.4 is 10.6 Å². The SMILES string of the molecule is CC(NC(=O)c1ccco1)C(=O)NC1(C(=O)O)CCCCC1. The molecule has 1 fully saturated rings. The number of carboxylic acid groups (broad SMARTS) is 1. The zero-order chi connectivity index (χ0) is 16.2. The number of carboxylic acids is 1. The molecular formula is C15H20N2O5. The van der Waals surface area contributed by atoms with Crippen molar-refractivity contribution in [1.82, 2.24) is 10.6 Å².